The third kappa shape index (κ3) is 10.4. The summed E-state index contributed by atoms with van der Waals surface area (Å²) in [5.74, 6) is 0.0927. The van der Waals surface area contributed by atoms with E-state index in [1.54, 1.807) is 18.2 Å². The third-order valence-corrected chi connectivity index (χ3v) is 6.12. The largest absolute Gasteiger partial charge is 1.00 e. The Labute approximate surface area is 209 Å². The number of para-hydroxylation sites is 1. The SMILES string of the molecule is CCCCCCCCCCCCc1cc(Oc2ccccc2)cc([O-])c1S(=O)(=O)O.[Na+]. The van der Waals surface area contributed by atoms with E-state index in [4.69, 9.17) is 4.74 Å². The Morgan fingerprint density at radius 2 is 1.39 bits per heavy atom. The van der Waals surface area contributed by atoms with Crippen LogP contribution in [0, 0.1) is 0 Å². The fourth-order valence-corrected chi connectivity index (χ4v) is 4.40. The summed E-state index contributed by atoms with van der Waals surface area (Å²) in [6.45, 7) is 2.22. The summed E-state index contributed by atoms with van der Waals surface area (Å²) in [4.78, 5) is -0.529. The normalized spacial score (nSPS) is 11.2. The summed E-state index contributed by atoms with van der Waals surface area (Å²) in [7, 11) is -4.58. The molecular weight excluding hydrogens is 423 g/mol. The second kappa shape index (κ2) is 14.9. The molecular formula is C24H33NaO5S. The van der Waals surface area contributed by atoms with E-state index >= 15 is 0 Å². The number of benzene rings is 2. The van der Waals surface area contributed by atoms with Gasteiger partial charge in [0.1, 0.15) is 11.5 Å². The molecule has 0 aliphatic rings. The molecule has 0 radical (unpaired) electrons. The van der Waals surface area contributed by atoms with E-state index < -0.39 is 20.8 Å². The van der Waals surface area contributed by atoms with Crippen molar-refractivity contribution < 1.29 is 52.4 Å². The molecule has 31 heavy (non-hydrogen) atoms. The van der Waals surface area contributed by atoms with Crippen molar-refractivity contribution in [3.8, 4) is 17.2 Å². The second-order valence-electron chi connectivity index (χ2n) is 7.73. The van der Waals surface area contributed by atoms with E-state index in [1.165, 1.54) is 44.9 Å². The van der Waals surface area contributed by atoms with E-state index in [0.717, 1.165) is 25.3 Å². The zero-order valence-corrected chi connectivity index (χ0v) is 21.6. The van der Waals surface area contributed by atoms with Crippen molar-refractivity contribution in [1.82, 2.24) is 0 Å². The van der Waals surface area contributed by atoms with Gasteiger partial charge in [0.25, 0.3) is 10.1 Å². The molecule has 0 saturated heterocycles. The van der Waals surface area contributed by atoms with Gasteiger partial charge in [-0.3, -0.25) is 4.55 Å². The third-order valence-electron chi connectivity index (χ3n) is 5.14. The van der Waals surface area contributed by atoms with E-state index in [9.17, 15) is 18.1 Å². The molecule has 7 heteroatoms. The molecule has 0 aliphatic heterocycles. The van der Waals surface area contributed by atoms with Gasteiger partial charge in [-0.25, -0.2) is 0 Å². The van der Waals surface area contributed by atoms with Gasteiger partial charge in [0, 0.05) is 0 Å². The maximum Gasteiger partial charge on any atom is 1.00 e. The van der Waals surface area contributed by atoms with E-state index in [0.29, 0.717) is 17.7 Å². The molecule has 166 valence electrons. The fourth-order valence-electron chi connectivity index (χ4n) is 3.60. The Morgan fingerprint density at radius 1 is 0.839 bits per heavy atom. The molecule has 0 atom stereocenters. The predicted molar refractivity (Wildman–Crippen MR) is 118 cm³/mol. The average Bonchev–Trinajstić information content (AvgIpc) is 2.69. The molecule has 5 nitrogen and oxygen atoms in total. The van der Waals surface area contributed by atoms with E-state index in [-0.39, 0.29) is 35.3 Å². The number of unbranched alkanes of at least 4 members (excludes halogenated alkanes) is 9. The maximum atomic E-state index is 12.4. The predicted octanol–water partition coefficient (Wildman–Crippen LogP) is 3.27. The van der Waals surface area contributed by atoms with E-state index in [2.05, 4.69) is 6.92 Å². The van der Waals surface area contributed by atoms with E-state index in [1.807, 2.05) is 18.2 Å². The van der Waals surface area contributed by atoms with Crippen LogP contribution in [0.5, 0.6) is 17.2 Å². The van der Waals surface area contributed by atoms with Crippen LogP contribution >= 0.6 is 0 Å². The first-order valence-electron chi connectivity index (χ1n) is 11.0. The van der Waals surface area contributed by atoms with Crippen molar-refractivity contribution in [3.05, 3.63) is 48.0 Å². The second-order valence-corrected chi connectivity index (χ2v) is 9.09. The van der Waals surface area contributed by atoms with Crippen LogP contribution in [-0.4, -0.2) is 13.0 Å². The van der Waals surface area contributed by atoms with Gasteiger partial charge in [0.2, 0.25) is 0 Å². The molecule has 0 bridgehead atoms. The summed E-state index contributed by atoms with van der Waals surface area (Å²) >= 11 is 0. The molecule has 0 aliphatic carbocycles. The number of hydrogen-bond acceptors (Lipinski definition) is 4. The molecule has 0 amide bonds. The minimum atomic E-state index is -4.58. The van der Waals surface area contributed by atoms with Crippen LogP contribution < -0.4 is 39.4 Å². The topological polar surface area (TPSA) is 86.7 Å². The molecule has 0 heterocycles. The van der Waals surface area contributed by atoms with Crippen molar-refractivity contribution in [3.63, 3.8) is 0 Å². The molecule has 2 rings (SSSR count). The zero-order chi connectivity index (χ0) is 21.8. The van der Waals surface area contributed by atoms with Crippen LogP contribution in [0.4, 0.5) is 0 Å². The van der Waals surface area contributed by atoms with Crippen molar-refractivity contribution in [2.75, 3.05) is 0 Å². The van der Waals surface area contributed by atoms with Crippen LogP contribution in [0.15, 0.2) is 47.4 Å². The van der Waals surface area contributed by atoms with Gasteiger partial charge in [-0.15, -0.1) is 0 Å². The van der Waals surface area contributed by atoms with Gasteiger partial charge in [0.15, 0.2) is 0 Å². The van der Waals surface area contributed by atoms with Crippen LogP contribution in [0.2, 0.25) is 0 Å². The number of hydrogen-bond donors (Lipinski definition) is 1. The maximum absolute atomic E-state index is 12.4. The minimum Gasteiger partial charge on any atom is -0.871 e. The summed E-state index contributed by atoms with van der Waals surface area (Å²) in [6, 6.07) is 11.6. The standard InChI is InChI=1S/C24H34O5S.Na/c1-2-3-4-5-6-7-8-9-10-12-15-20-18-22(29-21-16-13-11-14-17-21)19-23(25)24(20)30(26,27)28;/h11,13-14,16-19,25H,2-10,12,15H2,1H3,(H,26,27,28);/q;+1/p-1. The van der Waals surface area contributed by atoms with Crippen molar-refractivity contribution >= 4 is 10.1 Å². The van der Waals surface area contributed by atoms with Gasteiger partial charge >= 0.3 is 29.6 Å². The van der Waals surface area contributed by atoms with Crippen molar-refractivity contribution in [2.45, 2.75) is 82.4 Å². The monoisotopic (exact) mass is 456 g/mol. The first-order chi connectivity index (χ1) is 14.4. The Bertz CT molecular complexity index is 869. The fraction of sp³-hybridized carbons (Fsp3) is 0.500. The molecule has 0 saturated carbocycles. The first-order valence-corrected chi connectivity index (χ1v) is 12.4. The number of rotatable bonds is 14. The van der Waals surface area contributed by atoms with Crippen LogP contribution in [0.25, 0.3) is 0 Å². The van der Waals surface area contributed by atoms with Crippen LogP contribution in [0.1, 0.15) is 76.7 Å². The molecule has 0 unspecified atom stereocenters. The number of aryl methyl sites for hydroxylation is 1. The summed E-state index contributed by atoms with van der Waals surface area (Å²) in [5.41, 5.74) is 0.315. The number of ether oxygens (including phenoxy) is 1. The molecule has 1 N–H and O–H groups in total. The summed E-state index contributed by atoms with van der Waals surface area (Å²) < 4.78 is 38.7. The quantitative estimate of drug-likeness (QED) is 0.268. The van der Waals surface area contributed by atoms with Gasteiger partial charge < -0.3 is 9.84 Å². The van der Waals surface area contributed by atoms with Gasteiger partial charge in [-0.1, -0.05) is 88.7 Å². The van der Waals surface area contributed by atoms with Gasteiger partial charge in [-0.05, 0) is 42.7 Å². The van der Waals surface area contributed by atoms with Crippen molar-refractivity contribution in [2.24, 2.45) is 0 Å². The smallest absolute Gasteiger partial charge is 0.871 e. The Hall–Kier alpha value is -1.05. The molecule has 0 fully saturated rings. The average molecular weight is 457 g/mol. The Morgan fingerprint density at radius 3 is 1.94 bits per heavy atom. The summed E-state index contributed by atoms with van der Waals surface area (Å²) in [6.07, 6.45) is 12.0. The zero-order valence-electron chi connectivity index (χ0n) is 18.8. The van der Waals surface area contributed by atoms with Gasteiger partial charge in [-0.2, -0.15) is 8.42 Å². The Kier molecular flexibility index (Phi) is 13.5. The van der Waals surface area contributed by atoms with Crippen molar-refractivity contribution in [1.29, 1.82) is 0 Å². The molecule has 2 aromatic carbocycles. The molecule has 2 aromatic rings. The van der Waals surface area contributed by atoms with Gasteiger partial charge in [0.05, 0.1) is 4.90 Å². The van der Waals surface area contributed by atoms with Crippen LogP contribution in [-0.2, 0) is 16.5 Å². The summed E-state index contributed by atoms with van der Waals surface area (Å²) in [5, 5.41) is 12.4. The molecule has 0 spiro atoms. The minimum absolute atomic E-state index is 0. The first kappa shape index (κ1) is 28.0. The molecule has 0 aromatic heterocycles. The Balaban J connectivity index is 0.00000480. The van der Waals surface area contributed by atoms with Crippen LogP contribution in [0.3, 0.4) is 0 Å².